The maximum atomic E-state index is 11.8. The molecule has 1 aliphatic rings. The number of benzene rings is 1. The molecule has 0 aliphatic carbocycles. The number of rotatable bonds is 4. The molecule has 5 nitrogen and oxygen atoms in total. The fourth-order valence-electron chi connectivity index (χ4n) is 2.81. The largest absolute Gasteiger partial charge is 0.480 e. The zero-order valence-electron chi connectivity index (χ0n) is 13.0. The molecule has 0 spiro atoms. The number of carboxylic acids is 1. The van der Waals surface area contributed by atoms with Crippen LogP contribution < -0.4 is 0 Å². The van der Waals surface area contributed by atoms with Crippen LogP contribution in [0.2, 0.25) is 0 Å². The number of amides is 1. The lowest BCUT2D eigenvalue weighted by Crippen LogP contribution is -2.38. The quantitative estimate of drug-likeness (QED) is 0.860. The van der Waals surface area contributed by atoms with Crippen LogP contribution in [0.3, 0.4) is 0 Å². The van der Waals surface area contributed by atoms with Crippen LogP contribution in [0.1, 0.15) is 24.9 Å². The van der Waals surface area contributed by atoms with Gasteiger partial charge in [-0.2, -0.15) is 0 Å². The first-order valence-corrected chi connectivity index (χ1v) is 8.61. The van der Waals surface area contributed by atoms with Crippen LogP contribution in [-0.2, 0) is 9.59 Å². The lowest BCUT2D eigenvalue weighted by molar-refractivity contribution is -0.143. The summed E-state index contributed by atoms with van der Waals surface area (Å²) in [5.41, 5.74) is 0.793. The molecule has 1 aromatic rings. The summed E-state index contributed by atoms with van der Waals surface area (Å²) in [5, 5.41) is 9.64. The minimum absolute atomic E-state index is 0.0537. The molecule has 0 bridgehead atoms. The predicted octanol–water partition coefficient (Wildman–Crippen LogP) is 2.09. The zero-order valence-corrected chi connectivity index (χ0v) is 13.8. The van der Waals surface area contributed by atoms with Gasteiger partial charge in [-0.05, 0) is 30.4 Å². The highest BCUT2D eigenvalue weighted by Gasteiger charge is 2.29. The van der Waals surface area contributed by atoms with Crippen LogP contribution in [0.5, 0.6) is 0 Å². The number of nitrogens with zero attached hydrogens (tertiary/aromatic N) is 2. The normalized spacial score (nSPS) is 17.8. The van der Waals surface area contributed by atoms with Gasteiger partial charge in [0.25, 0.3) is 0 Å². The molecule has 1 aromatic carbocycles. The topological polar surface area (TPSA) is 60.9 Å². The van der Waals surface area contributed by atoms with Crippen molar-refractivity contribution in [1.29, 1.82) is 0 Å². The maximum Gasteiger partial charge on any atom is 0.325 e. The highest BCUT2D eigenvalue weighted by Crippen LogP contribution is 2.25. The monoisotopic (exact) mass is 322 g/mol. The number of thioether (sulfide) groups is 1. The third kappa shape index (κ3) is 4.01. The summed E-state index contributed by atoms with van der Waals surface area (Å²) in [6.45, 7) is 4.11. The van der Waals surface area contributed by atoms with Crippen LogP contribution in [0.25, 0.3) is 0 Å². The van der Waals surface area contributed by atoms with Crippen molar-refractivity contribution in [3.05, 3.63) is 29.8 Å². The number of hydrogen-bond donors (Lipinski definition) is 1. The third-order valence-electron chi connectivity index (χ3n) is 4.01. The summed E-state index contributed by atoms with van der Waals surface area (Å²) < 4.78 is 0. The van der Waals surface area contributed by atoms with Gasteiger partial charge in [-0.3, -0.25) is 14.5 Å². The van der Waals surface area contributed by atoms with Gasteiger partial charge >= 0.3 is 5.97 Å². The molecule has 120 valence electrons. The number of hydrogen-bond acceptors (Lipinski definition) is 4. The summed E-state index contributed by atoms with van der Waals surface area (Å²) in [6, 6.07) is 7.03. The van der Waals surface area contributed by atoms with E-state index in [2.05, 4.69) is 0 Å². The van der Waals surface area contributed by atoms with Gasteiger partial charge in [-0.1, -0.05) is 12.1 Å². The first kappa shape index (κ1) is 16.8. The first-order valence-electron chi connectivity index (χ1n) is 7.39. The highest BCUT2D eigenvalue weighted by molar-refractivity contribution is 7.98. The molecule has 0 saturated carbocycles. The number of carboxylic acid groups (broad SMARTS) is 1. The van der Waals surface area contributed by atoms with Crippen molar-refractivity contribution in [3.8, 4) is 0 Å². The second-order valence-corrected chi connectivity index (χ2v) is 6.29. The standard InChI is InChI=1S/C16H22N2O3S/c1-12(19)17-8-3-9-18(11-10-17)15(16(20)21)13-4-6-14(22-2)7-5-13/h4-7,15H,3,8-11H2,1-2H3,(H,20,21)/t15-/m0/s1. The van der Waals surface area contributed by atoms with E-state index in [4.69, 9.17) is 0 Å². The van der Waals surface area contributed by atoms with Crippen LogP contribution in [0.4, 0.5) is 0 Å². The van der Waals surface area contributed by atoms with Gasteiger partial charge in [0.1, 0.15) is 6.04 Å². The Labute approximate surface area is 135 Å². The molecule has 1 aliphatic heterocycles. The summed E-state index contributed by atoms with van der Waals surface area (Å²) >= 11 is 1.63. The lowest BCUT2D eigenvalue weighted by atomic mass is 10.1. The average molecular weight is 322 g/mol. The number of aliphatic carboxylic acids is 1. The minimum Gasteiger partial charge on any atom is -0.480 e. The van der Waals surface area contributed by atoms with E-state index in [1.54, 1.807) is 23.6 Å². The molecule has 22 heavy (non-hydrogen) atoms. The van der Waals surface area contributed by atoms with Crippen molar-refractivity contribution < 1.29 is 14.7 Å². The van der Waals surface area contributed by atoms with E-state index < -0.39 is 12.0 Å². The third-order valence-corrected chi connectivity index (χ3v) is 4.75. The molecule has 1 heterocycles. The van der Waals surface area contributed by atoms with Crippen molar-refractivity contribution >= 4 is 23.6 Å². The maximum absolute atomic E-state index is 11.8. The van der Waals surface area contributed by atoms with Crippen LogP contribution in [0.15, 0.2) is 29.2 Å². The summed E-state index contributed by atoms with van der Waals surface area (Å²) in [4.78, 5) is 28.1. The molecule has 2 rings (SSSR count). The summed E-state index contributed by atoms with van der Waals surface area (Å²) in [5.74, 6) is -0.786. The Morgan fingerprint density at radius 1 is 1.14 bits per heavy atom. The van der Waals surface area contributed by atoms with Crippen LogP contribution in [-0.4, -0.2) is 59.2 Å². The Hall–Kier alpha value is -1.53. The van der Waals surface area contributed by atoms with Crippen molar-refractivity contribution in [2.45, 2.75) is 24.3 Å². The number of carbonyl (C=O) groups is 2. The van der Waals surface area contributed by atoms with E-state index >= 15 is 0 Å². The Morgan fingerprint density at radius 2 is 1.82 bits per heavy atom. The predicted molar refractivity (Wildman–Crippen MR) is 87.0 cm³/mol. The Morgan fingerprint density at radius 3 is 2.36 bits per heavy atom. The summed E-state index contributed by atoms with van der Waals surface area (Å²) in [7, 11) is 0. The second kappa shape index (κ2) is 7.65. The molecule has 1 N–H and O–H groups in total. The van der Waals surface area contributed by atoms with E-state index in [-0.39, 0.29) is 5.91 Å². The van der Waals surface area contributed by atoms with Crippen molar-refractivity contribution in [3.63, 3.8) is 0 Å². The molecular weight excluding hydrogens is 300 g/mol. The van der Waals surface area contributed by atoms with Gasteiger partial charge in [-0.15, -0.1) is 11.8 Å². The van der Waals surface area contributed by atoms with Gasteiger partial charge in [0, 0.05) is 38.0 Å². The first-order chi connectivity index (χ1) is 10.5. The van der Waals surface area contributed by atoms with E-state index in [9.17, 15) is 14.7 Å². The Kier molecular flexibility index (Phi) is 5.85. The molecular formula is C16H22N2O3S. The molecule has 1 saturated heterocycles. The molecule has 0 aromatic heterocycles. The molecule has 1 amide bonds. The molecule has 1 fully saturated rings. The van der Waals surface area contributed by atoms with Gasteiger partial charge in [-0.25, -0.2) is 0 Å². The average Bonchev–Trinajstić information content (AvgIpc) is 2.74. The van der Waals surface area contributed by atoms with Crippen molar-refractivity contribution in [2.24, 2.45) is 0 Å². The molecule has 6 heteroatoms. The molecule has 0 radical (unpaired) electrons. The van der Waals surface area contributed by atoms with Gasteiger partial charge in [0.05, 0.1) is 0 Å². The lowest BCUT2D eigenvalue weighted by Gasteiger charge is -2.28. The van der Waals surface area contributed by atoms with Gasteiger partial charge in [0.15, 0.2) is 0 Å². The van der Waals surface area contributed by atoms with Crippen molar-refractivity contribution in [2.75, 3.05) is 32.4 Å². The van der Waals surface area contributed by atoms with Gasteiger partial charge < -0.3 is 10.0 Å². The highest BCUT2D eigenvalue weighted by atomic mass is 32.2. The SMILES string of the molecule is CSc1ccc([C@@H](C(=O)O)N2CCCN(C(C)=O)CC2)cc1. The van der Waals surface area contributed by atoms with E-state index in [1.807, 2.05) is 35.4 Å². The molecule has 1 atom stereocenters. The molecule has 0 unspecified atom stereocenters. The second-order valence-electron chi connectivity index (χ2n) is 5.41. The summed E-state index contributed by atoms with van der Waals surface area (Å²) in [6.07, 6.45) is 2.79. The fourth-order valence-corrected chi connectivity index (χ4v) is 3.21. The fraction of sp³-hybridized carbons (Fsp3) is 0.500. The van der Waals surface area contributed by atoms with E-state index in [1.165, 1.54) is 0 Å². The van der Waals surface area contributed by atoms with Crippen molar-refractivity contribution in [1.82, 2.24) is 9.80 Å². The van der Waals surface area contributed by atoms with Crippen LogP contribution >= 0.6 is 11.8 Å². The number of carbonyl (C=O) groups excluding carboxylic acids is 1. The Balaban J connectivity index is 2.16. The Bertz CT molecular complexity index is 533. The van der Waals surface area contributed by atoms with E-state index in [0.29, 0.717) is 26.2 Å². The zero-order chi connectivity index (χ0) is 16.1. The van der Waals surface area contributed by atoms with Crippen LogP contribution in [0, 0.1) is 0 Å². The van der Waals surface area contributed by atoms with Gasteiger partial charge in [0.2, 0.25) is 5.91 Å². The smallest absolute Gasteiger partial charge is 0.325 e. The van der Waals surface area contributed by atoms with E-state index in [0.717, 1.165) is 16.9 Å². The minimum atomic E-state index is -0.840.